The van der Waals surface area contributed by atoms with Crippen molar-refractivity contribution in [3.8, 4) is 0 Å². The first-order chi connectivity index (χ1) is 10.0. The molecule has 0 aliphatic heterocycles. The molecule has 3 N–H and O–H groups in total. The Kier molecular flexibility index (Phi) is 4.79. The van der Waals surface area contributed by atoms with E-state index in [9.17, 15) is 9.59 Å². The monoisotopic (exact) mass is 304 g/mol. The van der Waals surface area contributed by atoms with Crippen molar-refractivity contribution in [3.05, 3.63) is 64.7 Å². The van der Waals surface area contributed by atoms with E-state index in [1.807, 2.05) is 12.1 Å². The van der Waals surface area contributed by atoms with Gasteiger partial charge in [0, 0.05) is 17.3 Å². The molecule has 0 aliphatic carbocycles. The van der Waals surface area contributed by atoms with E-state index < -0.39 is 5.97 Å². The van der Waals surface area contributed by atoms with Crippen LogP contribution in [0.1, 0.15) is 15.9 Å². The van der Waals surface area contributed by atoms with Crippen LogP contribution in [-0.2, 0) is 6.54 Å². The second-order valence-electron chi connectivity index (χ2n) is 4.32. The number of urea groups is 1. The Balaban J connectivity index is 1.88. The van der Waals surface area contributed by atoms with Gasteiger partial charge in [-0.2, -0.15) is 0 Å². The molecule has 0 spiro atoms. The lowest BCUT2D eigenvalue weighted by molar-refractivity contribution is 0.0697. The maximum atomic E-state index is 11.7. The average molecular weight is 305 g/mol. The second kappa shape index (κ2) is 6.76. The number of rotatable bonds is 4. The van der Waals surface area contributed by atoms with Crippen molar-refractivity contribution >= 4 is 29.3 Å². The number of hydrogen-bond acceptors (Lipinski definition) is 2. The molecule has 2 aromatic carbocycles. The number of anilines is 1. The summed E-state index contributed by atoms with van der Waals surface area (Å²) in [6, 6.07) is 12.7. The standard InChI is InChI=1S/C15H13ClN2O3/c16-12-3-1-2-10(8-12)9-17-15(21)18-13-6-4-11(5-7-13)14(19)20/h1-8H,9H2,(H,19,20)(H2,17,18,21). The molecule has 108 valence electrons. The van der Waals surface area contributed by atoms with Crippen molar-refractivity contribution in [1.82, 2.24) is 5.32 Å². The molecule has 6 heteroatoms. The average Bonchev–Trinajstić information content (AvgIpc) is 2.46. The minimum atomic E-state index is -1.01. The zero-order valence-electron chi connectivity index (χ0n) is 11.0. The van der Waals surface area contributed by atoms with Gasteiger partial charge in [-0.25, -0.2) is 9.59 Å². The molecule has 2 amide bonds. The summed E-state index contributed by atoms with van der Waals surface area (Å²) in [5.74, 6) is -1.01. The molecule has 0 aliphatic rings. The number of nitrogens with one attached hydrogen (secondary N) is 2. The van der Waals surface area contributed by atoms with Crippen LogP contribution in [0.3, 0.4) is 0 Å². The maximum absolute atomic E-state index is 11.7. The number of carboxylic acids is 1. The number of carbonyl (C=O) groups is 2. The lowest BCUT2D eigenvalue weighted by Gasteiger charge is -2.08. The SMILES string of the molecule is O=C(NCc1cccc(Cl)c1)Nc1ccc(C(=O)O)cc1. The predicted molar refractivity (Wildman–Crippen MR) is 80.7 cm³/mol. The van der Waals surface area contributed by atoms with E-state index in [0.29, 0.717) is 17.3 Å². The molecule has 0 bridgehead atoms. The van der Waals surface area contributed by atoms with Crippen molar-refractivity contribution in [2.24, 2.45) is 0 Å². The lowest BCUT2D eigenvalue weighted by atomic mass is 10.2. The molecule has 2 aromatic rings. The van der Waals surface area contributed by atoms with Gasteiger partial charge in [0.15, 0.2) is 0 Å². The van der Waals surface area contributed by atoms with Crippen LogP contribution in [0.15, 0.2) is 48.5 Å². The molecule has 21 heavy (non-hydrogen) atoms. The smallest absolute Gasteiger partial charge is 0.335 e. The highest BCUT2D eigenvalue weighted by atomic mass is 35.5. The minimum Gasteiger partial charge on any atom is -0.478 e. The summed E-state index contributed by atoms with van der Waals surface area (Å²) in [4.78, 5) is 22.4. The molecule has 0 saturated heterocycles. The summed E-state index contributed by atoms with van der Waals surface area (Å²) in [5.41, 5.74) is 1.57. The molecular weight excluding hydrogens is 292 g/mol. The van der Waals surface area contributed by atoms with E-state index >= 15 is 0 Å². The number of hydrogen-bond donors (Lipinski definition) is 3. The molecule has 0 aromatic heterocycles. The first-order valence-electron chi connectivity index (χ1n) is 6.17. The highest BCUT2D eigenvalue weighted by Gasteiger charge is 2.04. The second-order valence-corrected chi connectivity index (χ2v) is 4.76. The van der Waals surface area contributed by atoms with E-state index in [1.165, 1.54) is 24.3 Å². The van der Waals surface area contributed by atoms with Gasteiger partial charge in [0.1, 0.15) is 0 Å². The van der Waals surface area contributed by atoms with Crippen LogP contribution in [0.4, 0.5) is 10.5 Å². The van der Waals surface area contributed by atoms with Gasteiger partial charge in [-0.05, 0) is 42.0 Å². The predicted octanol–water partition coefficient (Wildman–Crippen LogP) is 3.36. The Morgan fingerprint density at radius 2 is 1.81 bits per heavy atom. The van der Waals surface area contributed by atoms with Crippen molar-refractivity contribution in [2.45, 2.75) is 6.54 Å². The van der Waals surface area contributed by atoms with Gasteiger partial charge < -0.3 is 15.7 Å². The molecule has 5 nitrogen and oxygen atoms in total. The Hall–Kier alpha value is -2.53. The van der Waals surface area contributed by atoms with E-state index in [0.717, 1.165) is 5.56 Å². The number of amides is 2. The van der Waals surface area contributed by atoms with Crippen LogP contribution in [0.5, 0.6) is 0 Å². The highest BCUT2D eigenvalue weighted by molar-refractivity contribution is 6.30. The van der Waals surface area contributed by atoms with Crippen LogP contribution in [0.25, 0.3) is 0 Å². The third-order valence-electron chi connectivity index (χ3n) is 2.73. The lowest BCUT2D eigenvalue weighted by Crippen LogP contribution is -2.28. The van der Waals surface area contributed by atoms with Crippen LogP contribution in [0, 0.1) is 0 Å². The summed E-state index contributed by atoms with van der Waals surface area (Å²) in [6.07, 6.45) is 0. The fourth-order valence-electron chi connectivity index (χ4n) is 1.70. The summed E-state index contributed by atoms with van der Waals surface area (Å²) in [5, 5.41) is 14.7. The first kappa shape index (κ1) is 14.9. The number of carbonyl (C=O) groups excluding carboxylic acids is 1. The maximum Gasteiger partial charge on any atom is 0.335 e. The molecule has 0 unspecified atom stereocenters. The third kappa shape index (κ3) is 4.50. The Labute approximate surface area is 126 Å². The quantitative estimate of drug-likeness (QED) is 0.810. The molecule has 0 heterocycles. The van der Waals surface area contributed by atoms with Crippen molar-refractivity contribution in [2.75, 3.05) is 5.32 Å². The Bertz CT molecular complexity index is 656. The van der Waals surface area contributed by atoms with Crippen molar-refractivity contribution in [3.63, 3.8) is 0 Å². The van der Waals surface area contributed by atoms with Crippen LogP contribution < -0.4 is 10.6 Å². The van der Waals surface area contributed by atoms with Crippen LogP contribution >= 0.6 is 11.6 Å². The fraction of sp³-hybridized carbons (Fsp3) is 0.0667. The Morgan fingerprint density at radius 1 is 1.10 bits per heavy atom. The van der Waals surface area contributed by atoms with Gasteiger partial charge in [-0.15, -0.1) is 0 Å². The summed E-state index contributed by atoms with van der Waals surface area (Å²) in [6.45, 7) is 0.347. The largest absolute Gasteiger partial charge is 0.478 e. The number of halogens is 1. The van der Waals surface area contributed by atoms with E-state index in [4.69, 9.17) is 16.7 Å². The topological polar surface area (TPSA) is 78.4 Å². The highest BCUT2D eigenvalue weighted by Crippen LogP contribution is 2.11. The van der Waals surface area contributed by atoms with Gasteiger partial charge in [0.25, 0.3) is 0 Å². The number of carboxylic acid groups (broad SMARTS) is 1. The first-order valence-corrected chi connectivity index (χ1v) is 6.55. The van der Waals surface area contributed by atoms with Gasteiger partial charge in [0.2, 0.25) is 0 Å². The fourth-order valence-corrected chi connectivity index (χ4v) is 1.91. The van der Waals surface area contributed by atoms with Crippen molar-refractivity contribution < 1.29 is 14.7 Å². The normalized spacial score (nSPS) is 9.95. The van der Waals surface area contributed by atoms with Crippen molar-refractivity contribution in [1.29, 1.82) is 0 Å². The Morgan fingerprint density at radius 3 is 2.43 bits per heavy atom. The number of benzene rings is 2. The van der Waals surface area contributed by atoms with Gasteiger partial charge in [0.05, 0.1) is 5.56 Å². The minimum absolute atomic E-state index is 0.167. The summed E-state index contributed by atoms with van der Waals surface area (Å²) < 4.78 is 0. The molecule has 0 atom stereocenters. The van der Waals surface area contributed by atoms with Gasteiger partial charge >= 0.3 is 12.0 Å². The molecule has 0 fully saturated rings. The molecule has 0 saturated carbocycles. The van der Waals surface area contributed by atoms with Gasteiger partial charge in [-0.1, -0.05) is 23.7 Å². The summed E-state index contributed by atoms with van der Waals surface area (Å²) in [7, 11) is 0. The zero-order chi connectivity index (χ0) is 15.2. The zero-order valence-corrected chi connectivity index (χ0v) is 11.7. The van der Waals surface area contributed by atoms with E-state index in [2.05, 4.69) is 10.6 Å². The van der Waals surface area contributed by atoms with Crippen LogP contribution in [-0.4, -0.2) is 17.1 Å². The third-order valence-corrected chi connectivity index (χ3v) is 2.97. The van der Waals surface area contributed by atoms with E-state index in [1.54, 1.807) is 12.1 Å². The van der Waals surface area contributed by atoms with E-state index in [-0.39, 0.29) is 11.6 Å². The molecule has 0 radical (unpaired) electrons. The number of aromatic carboxylic acids is 1. The molecular formula is C15H13ClN2O3. The summed E-state index contributed by atoms with van der Waals surface area (Å²) >= 11 is 5.85. The molecule has 2 rings (SSSR count). The van der Waals surface area contributed by atoms with Crippen LogP contribution in [0.2, 0.25) is 5.02 Å². The van der Waals surface area contributed by atoms with Gasteiger partial charge in [-0.3, -0.25) is 0 Å².